The maximum absolute atomic E-state index is 10.8. The van der Waals surface area contributed by atoms with Gasteiger partial charge < -0.3 is 9.84 Å². The Kier molecular flexibility index (Phi) is 2.78. The van der Waals surface area contributed by atoms with Gasteiger partial charge in [-0.2, -0.15) is 0 Å². The van der Waals surface area contributed by atoms with Gasteiger partial charge in [-0.3, -0.25) is 0 Å². The molecule has 4 heteroatoms. The normalized spacial score (nSPS) is 9.77. The summed E-state index contributed by atoms with van der Waals surface area (Å²) in [6, 6.07) is 3.26. The molecule has 3 nitrogen and oxygen atoms in total. The Balaban J connectivity index is 3.43. The molecule has 0 fully saturated rings. The van der Waals surface area contributed by atoms with Crippen LogP contribution in [0, 0.1) is 6.92 Å². The summed E-state index contributed by atoms with van der Waals surface area (Å²) in [6.07, 6.45) is 0. The van der Waals surface area contributed by atoms with E-state index in [9.17, 15) is 4.79 Å². The number of carboxylic acid groups (broad SMARTS) is 1. The maximum Gasteiger partial charge on any atom is 0.339 e. The molecule has 0 aliphatic carbocycles. The number of methoxy groups -OCH3 is 1. The lowest BCUT2D eigenvalue weighted by atomic mass is 10.1. The molecule has 0 saturated heterocycles. The van der Waals surface area contributed by atoms with Crippen LogP contribution < -0.4 is 4.74 Å². The summed E-state index contributed by atoms with van der Waals surface area (Å²) in [5.74, 6) is -0.814. The topological polar surface area (TPSA) is 46.5 Å². The number of hydrogen-bond acceptors (Lipinski definition) is 2. The molecule has 0 aromatic heterocycles. The summed E-state index contributed by atoms with van der Waals surface area (Å²) < 4.78 is 4.91. The van der Waals surface area contributed by atoms with E-state index in [1.54, 1.807) is 19.1 Å². The van der Waals surface area contributed by atoms with E-state index in [1.165, 1.54) is 7.11 Å². The first-order valence-electron chi connectivity index (χ1n) is 3.64. The first kappa shape index (κ1) is 9.86. The minimum Gasteiger partial charge on any atom is -0.494 e. The van der Waals surface area contributed by atoms with Crippen LogP contribution in [0.4, 0.5) is 0 Å². The minimum absolute atomic E-state index is 0.120. The fraction of sp³-hybridized carbons (Fsp3) is 0.222. The quantitative estimate of drug-likeness (QED) is 0.797. The van der Waals surface area contributed by atoms with E-state index in [-0.39, 0.29) is 11.3 Å². The van der Waals surface area contributed by atoms with Crippen LogP contribution >= 0.6 is 11.6 Å². The van der Waals surface area contributed by atoms with Crippen LogP contribution in [0.5, 0.6) is 5.75 Å². The summed E-state index contributed by atoms with van der Waals surface area (Å²) in [4.78, 5) is 10.8. The van der Waals surface area contributed by atoms with Crippen molar-refractivity contribution in [1.82, 2.24) is 0 Å². The Morgan fingerprint density at radius 2 is 2.15 bits per heavy atom. The lowest BCUT2D eigenvalue weighted by Gasteiger charge is -2.08. The summed E-state index contributed by atoms with van der Waals surface area (Å²) in [5.41, 5.74) is 0.753. The van der Waals surface area contributed by atoms with Gasteiger partial charge in [0.05, 0.1) is 12.1 Å². The molecule has 13 heavy (non-hydrogen) atoms. The van der Waals surface area contributed by atoms with E-state index >= 15 is 0 Å². The van der Waals surface area contributed by atoms with Gasteiger partial charge in [0.25, 0.3) is 0 Å². The zero-order valence-corrected chi connectivity index (χ0v) is 8.05. The minimum atomic E-state index is -1.03. The first-order valence-corrected chi connectivity index (χ1v) is 4.02. The molecule has 1 N–H and O–H groups in total. The van der Waals surface area contributed by atoms with Crippen molar-refractivity contribution in [3.8, 4) is 5.75 Å². The molecular formula is C9H9ClO3. The standard InChI is InChI=1S/C9H9ClO3/c1-5-3-4-6(10)8(13-2)7(5)9(11)12/h3-4H,1-2H3,(H,11,12). The molecule has 0 aliphatic heterocycles. The predicted molar refractivity (Wildman–Crippen MR) is 49.7 cm³/mol. The van der Waals surface area contributed by atoms with Gasteiger partial charge in [0.2, 0.25) is 0 Å². The number of hydrogen-bond donors (Lipinski definition) is 1. The number of carboxylic acids is 1. The summed E-state index contributed by atoms with van der Waals surface area (Å²) in [6.45, 7) is 1.70. The van der Waals surface area contributed by atoms with Gasteiger partial charge in [-0.1, -0.05) is 17.7 Å². The van der Waals surface area contributed by atoms with Crippen molar-refractivity contribution in [1.29, 1.82) is 0 Å². The van der Waals surface area contributed by atoms with Crippen LogP contribution in [0.1, 0.15) is 15.9 Å². The van der Waals surface area contributed by atoms with Crippen LogP contribution in [0.15, 0.2) is 12.1 Å². The fourth-order valence-corrected chi connectivity index (χ4v) is 1.36. The Morgan fingerprint density at radius 1 is 1.54 bits per heavy atom. The van der Waals surface area contributed by atoms with Crippen molar-refractivity contribution >= 4 is 17.6 Å². The molecule has 1 rings (SSSR count). The van der Waals surface area contributed by atoms with Crippen LogP contribution in [-0.2, 0) is 0 Å². The van der Waals surface area contributed by atoms with Crippen molar-refractivity contribution in [2.24, 2.45) is 0 Å². The molecular weight excluding hydrogens is 192 g/mol. The van der Waals surface area contributed by atoms with Crippen LogP contribution in [0.25, 0.3) is 0 Å². The van der Waals surface area contributed by atoms with Gasteiger partial charge in [0.15, 0.2) is 5.75 Å². The molecule has 0 aliphatic rings. The third-order valence-corrected chi connectivity index (χ3v) is 2.03. The van der Waals surface area contributed by atoms with E-state index in [0.29, 0.717) is 10.6 Å². The highest BCUT2D eigenvalue weighted by Gasteiger charge is 2.16. The SMILES string of the molecule is COc1c(Cl)ccc(C)c1C(=O)O. The third kappa shape index (κ3) is 1.75. The molecule has 0 spiro atoms. The van der Waals surface area contributed by atoms with Crippen molar-refractivity contribution < 1.29 is 14.6 Å². The van der Waals surface area contributed by atoms with Gasteiger partial charge in [-0.25, -0.2) is 4.79 Å². The van der Waals surface area contributed by atoms with Crippen LogP contribution in [-0.4, -0.2) is 18.2 Å². The molecule has 0 saturated carbocycles. The monoisotopic (exact) mass is 200 g/mol. The van der Waals surface area contributed by atoms with Crippen molar-refractivity contribution in [3.63, 3.8) is 0 Å². The number of rotatable bonds is 2. The van der Waals surface area contributed by atoms with Gasteiger partial charge in [0.1, 0.15) is 5.56 Å². The lowest BCUT2D eigenvalue weighted by Crippen LogP contribution is -2.03. The Morgan fingerprint density at radius 3 is 2.54 bits per heavy atom. The highest BCUT2D eigenvalue weighted by atomic mass is 35.5. The first-order chi connectivity index (χ1) is 6.07. The zero-order chi connectivity index (χ0) is 10.0. The molecule has 0 atom stereocenters. The predicted octanol–water partition coefficient (Wildman–Crippen LogP) is 2.36. The highest BCUT2D eigenvalue weighted by Crippen LogP contribution is 2.30. The summed E-state index contributed by atoms with van der Waals surface area (Å²) in [5, 5.41) is 9.17. The molecule has 1 aromatic carbocycles. The molecule has 0 unspecified atom stereocenters. The Hall–Kier alpha value is -1.22. The molecule has 1 aromatic rings. The van der Waals surface area contributed by atoms with Crippen LogP contribution in [0.2, 0.25) is 5.02 Å². The average molecular weight is 201 g/mol. The highest BCUT2D eigenvalue weighted by molar-refractivity contribution is 6.32. The van der Waals surface area contributed by atoms with E-state index < -0.39 is 5.97 Å². The van der Waals surface area contributed by atoms with Crippen molar-refractivity contribution in [2.75, 3.05) is 7.11 Å². The average Bonchev–Trinajstić information content (AvgIpc) is 2.07. The lowest BCUT2D eigenvalue weighted by molar-refractivity contribution is 0.0692. The molecule has 0 amide bonds. The Labute approximate surface area is 80.9 Å². The Bertz CT molecular complexity index is 347. The zero-order valence-electron chi connectivity index (χ0n) is 7.30. The number of aromatic carboxylic acids is 1. The second kappa shape index (κ2) is 3.66. The van der Waals surface area contributed by atoms with E-state index in [1.807, 2.05) is 0 Å². The number of halogens is 1. The largest absolute Gasteiger partial charge is 0.494 e. The van der Waals surface area contributed by atoms with Crippen molar-refractivity contribution in [3.05, 3.63) is 28.3 Å². The van der Waals surface area contributed by atoms with Gasteiger partial charge in [-0.05, 0) is 18.6 Å². The van der Waals surface area contributed by atoms with E-state index in [4.69, 9.17) is 21.4 Å². The van der Waals surface area contributed by atoms with E-state index in [0.717, 1.165) is 0 Å². The number of aryl methyl sites for hydroxylation is 1. The summed E-state index contributed by atoms with van der Waals surface area (Å²) >= 11 is 5.76. The molecule has 0 heterocycles. The number of ether oxygens (including phenoxy) is 1. The summed E-state index contributed by atoms with van der Waals surface area (Å²) in [7, 11) is 1.40. The van der Waals surface area contributed by atoms with Gasteiger partial charge in [0, 0.05) is 0 Å². The second-order valence-corrected chi connectivity index (χ2v) is 2.98. The smallest absolute Gasteiger partial charge is 0.339 e. The molecule has 0 bridgehead atoms. The van der Waals surface area contributed by atoms with E-state index in [2.05, 4.69) is 0 Å². The number of carbonyl (C=O) groups is 1. The molecule has 0 radical (unpaired) electrons. The fourth-order valence-electron chi connectivity index (χ4n) is 1.12. The second-order valence-electron chi connectivity index (χ2n) is 2.58. The van der Waals surface area contributed by atoms with Gasteiger partial charge in [-0.15, -0.1) is 0 Å². The number of benzene rings is 1. The van der Waals surface area contributed by atoms with Crippen molar-refractivity contribution in [2.45, 2.75) is 6.92 Å². The van der Waals surface area contributed by atoms with Gasteiger partial charge >= 0.3 is 5.97 Å². The maximum atomic E-state index is 10.8. The molecule has 70 valence electrons. The third-order valence-electron chi connectivity index (χ3n) is 1.74. The van der Waals surface area contributed by atoms with Crippen LogP contribution in [0.3, 0.4) is 0 Å².